The molecule has 0 aliphatic heterocycles. The van der Waals surface area contributed by atoms with Crippen LogP contribution >= 0.6 is 11.6 Å². The van der Waals surface area contributed by atoms with Crippen LogP contribution in [0.2, 0.25) is 5.28 Å². The summed E-state index contributed by atoms with van der Waals surface area (Å²) in [6.45, 7) is 1.59. The lowest BCUT2D eigenvalue weighted by Crippen LogP contribution is -2.42. The second kappa shape index (κ2) is 6.83. The predicted octanol–water partition coefficient (Wildman–Crippen LogP) is 2.53. The molecule has 6 nitrogen and oxygen atoms in total. The Hall–Kier alpha value is -2.68. The van der Waals surface area contributed by atoms with Crippen molar-refractivity contribution in [3.05, 3.63) is 58.1 Å². The summed E-state index contributed by atoms with van der Waals surface area (Å²) in [6.07, 6.45) is -4.57. The summed E-state index contributed by atoms with van der Waals surface area (Å²) < 4.78 is 37.8. The van der Waals surface area contributed by atoms with Gasteiger partial charge in [0, 0.05) is 11.3 Å². The Morgan fingerprint density at radius 3 is 2.38 bits per heavy atom. The van der Waals surface area contributed by atoms with E-state index in [1.807, 2.05) is 10.9 Å². The number of carbonyl (C=O) groups excluding carboxylic acids is 2. The molecule has 0 saturated heterocycles. The van der Waals surface area contributed by atoms with Crippen LogP contribution in [0.5, 0.6) is 0 Å². The normalized spacial score (nSPS) is 11.0. The van der Waals surface area contributed by atoms with Gasteiger partial charge in [0.1, 0.15) is 5.69 Å². The summed E-state index contributed by atoms with van der Waals surface area (Å²) in [7, 11) is 0. The molecule has 0 spiro atoms. The molecule has 0 atom stereocenters. The molecule has 1 heterocycles. The Morgan fingerprint density at radius 1 is 1.08 bits per heavy atom. The average Bonchev–Trinajstić information content (AvgIpc) is 2.50. The molecule has 24 heavy (non-hydrogen) atoms. The van der Waals surface area contributed by atoms with Gasteiger partial charge < -0.3 is 0 Å². The standard InChI is InChI=1S/C14H10ClF3N4O2/c1-7-5-10(20-13(15)19-7)12(24)22-21-11(23)8-3-2-4-9(6-8)14(16,17)18/h2-6H,1H3,(H,21,23)(H,22,24). The zero-order valence-electron chi connectivity index (χ0n) is 12.1. The summed E-state index contributed by atoms with van der Waals surface area (Å²) in [5, 5.41) is -0.149. The van der Waals surface area contributed by atoms with Crippen LogP contribution in [-0.4, -0.2) is 21.8 Å². The molecule has 126 valence electrons. The van der Waals surface area contributed by atoms with Crippen molar-refractivity contribution < 1.29 is 22.8 Å². The molecule has 2 N–H and O–H groups in total. The highest BCUT2D eigenvalue weighted by Gasteiger charge is 2.30. The van der Waals surface area contributed by atoms with Crippen molar-refractivity contribution >= 4 is 23.4 Å². The lowest BCUT2D eigenvalue weighted by molar-refractivity contribution is -0.137. The van der Waals surface area contributed by atoms with E-state index in [1.54, 1.807) is 6.92 Å². The topological polar surface area (TPSA) is 84.0 Å². The van der Waals surface area contributed by atoms with E-state index in [0.29, 0.717) is 11.8 Å². The lowest BCUT2D eigenvalue weighted by Gasteiger charge is -2.10. The van der Waals surface area contributed by atoms with Crippen molar-refractivity contribution in [2.75, 3.05) is 0 Å². The fraction of sp³-hybridized carbons (Fsp3) is 0.143. The molecule has 2 amide bonds. The molecule has 1 aromatic carbocycles. The molecule has 0 radical (unpaired) electrons. The minimum absolute atomic E-state index is 0.100. The van der Waals surface area contributed by atoms with Crippen LogP contribution in [0.15, 0.2) is 30.3 Å². The summed E-state index contributed by atoms with van der Waals surface area (Å²) in [6, 6.07) is 5.11. The maximum Gasteiger partial charge on any atom is 0.416 e. The van der Waals surface area contributed by atoms with Gasteiger partial charge in [-0.1, -0.05) is 6.07 Å². The number of hydrogen-bond donors (Lipinski definition) is 2. The fourth-order valence-electron chi connectivity index (χ4n) is 1.74. The van der Waals surface area contributed by atoms with Gasteiger partial charge in [-0.3, -0.25) is 20.4 Å². The van der Waals surface area contributed by atoms with E-state index in [-0.39, 0.29) is 16.5 Å². The van der Waals surface area contributed by atoms with E-state index < -0.39 is 23.6 Å². The number of nitrogens with one attached hydrogen (secondary N) is 2. The van der Waals surface area contributed by atoms with Gasteiger partial charge in [-0.2, -0.15) is 13.2 Å². The summed E-state index contributed by atoms with van der Waals surface area (Å²) >= 11 is 5.62. The van der Waals surface area contributed by atoms with Crippen LogP contribution in [0.25, 0.3) is 0 Å². The van der Waals surface area contributed by atoms with Gasteiger partial charge in [0.15, 0.2) is 0 Å². The summed E-state index contributed by atoms with van der Waals surface area (Å²) in [5.41, 5.74) is 3.15. The molecule has 10 heteroatoms. The lowest BCUT2D eigenvalue weighted by atomic mass is 10.1. The molecule has 0 unspecified atom stereocenters. The van der Waals surface area contributed by atoms with Crippen molar-refractivity contribution in [2.45, 2.75) is 13.1 Å². The largest absolute Gasteiger partial charge is 0.416 e. The number of aryl methyl sites for hydroxylation is 1. The van der Waals surface area contributed by atoms with Gasteiger partial charge in [0.05, 0.1) is 5.56 Å². The molecule has 2 rings (SSSR count). The SMILES string of the molecule is Cc1cc(C(=O)NNC(=O)c2cccc(C(F)(F)F)c2)nc(Cl)n1. The number of hydrogen-bond acceptors (Lipinski definition) is 4. The number of rotatable bonds is 2. The molecule has 0 aliphatic carbocycles. The van der Waals surface area contributed by atoms with Gasteiger partial charge in [-0.15, -0.1) is 0 Å². The minimum Gasteiger partial charge on any atom is -0.267 e. The summed E-state index contributed by atoms with van der Waals surface area (Å²) in [4.78, 5) is 31.1. The summed E-state index contributed by atoms with van der Waals surface area (Å²) in [5.74, 6) is -1.70. The van der Waals surface area contributed by atoms with Crippen LogP contribution < -0.4 is 10.9 Å². The van der Waals surface area contributed by atoms with Crippen molar-refractivity contribution in [1.29, 1.82) is 0 Å². The van der Waals surface area contributed by atoms with Crippen molar-refractivity contribution in [2.24, 2.45) is 0 Å². The van der Waals surface area contributed by atoms with Crippen LogP contribution in [-0.2, 0) is 6.18 Å². The second-order valence-electron chi connectivity index (χ2n) is 4.65. The van der Waals surface area contributed by atoms with Gasteiger partial charge in [0.2, 0.25) is 5.28 Å². The Balaban J connectivity index is 2.06. The smallest absolute Gasteiger partial charge is 0.267 e. The molecule has 2 aromatic rings. The zero-order valence-corrected chi connectivity index (χ0v) is 12.9. The quantitative estimate of drug-likeness (QED) is 0.638. The highest BCUT2D eigenvalue weighted by molar-refractivity contribution is 6.28. The first-order chi connectivity index (χ1) is 11.2. The molecule has 0 aliphatic rings. The van der Waals surface area contributed by atoms with E-state index in [0.717, 1.165) is 12.1 Å². The van der Waals surface area contributed by atoms with E-state index in [9.17, 15) is 22.8 Å². The third kappa shape index (κ3) is 4.42. The Morgan fingerprint density at radius 2 is 1.75 bits per heavy atom. The first-order valence-electron chi connectivity index (χ1n) is 6.46. The maximum atomic E-state index is 12.6. The molecular formula is C14H10ClF3N4O2. The number of amides is 2. The first kappa shape index (κ1) is 17.7. The van der Waals surface area contributed by atoms with Crippen molar-refractivity contribution in [3.63, 3.8) is 0 Å². The number of carbonyl (C=O) groups is 2. The molecule has 0 fully saturated rings. The number of aromatic nitrogens is 2. The Labute approximate surface area is 139 Å². The second-order valence-corrected chi connectivity index (χ2v) is 4.99. The van der Waals surface area contributed by atoms with Crippen LogP contribution in [0.1, 0.15) is 32.1 Å². The van der Waals surface area contributed by atoms with Gasteiger partial charge >= 0.3 is 6.18 Å². The predicted molar refractivity (Wildman–Crippen MR) is 78.2 cm³/mol. The molecule has 0 saturated carbocycles. The average molecular weight is 359 g/mol. The molecule has 0 bridgehead atoms. The highest BCUT2D eigenvalue weighted by atomic mass is 35.5. The van der Waals surface area contributed by atoms with Crippen molar-refractivity contribution in [3.8, 4) is 0 Å². The Bertz CT molecular complexity index is 776. The molecular weight excluding hydrogens is 349 g/mol. The van der Waals surface area contributed by atoms with E-state index in [4.69, 9.17) is 11.6 Å². The monoisotopic (exact) mass is 358 g/mol. The first-order valence-corrected chi connectivity index (χ1v) is 6.84. The third-order valence-corrected chi connectivity index (χ3v) is 2.97. The number of halogens is 4. The van der Waals surface area contributed by atoms with Crippen LogP contribution in [0.3, 0.4) is 0 Å². The number of hydrazine groups is 1. The number of alkyl halides is 3. The maximum absolute atomic E-state index is 12.6. The number of nitrogens with zero attached hydrogens (tertiary/aromatic N) is 2. The van der Waals surface area contributed by atoms with Crippen LogP contribution in [0.4, 0.5) is 13.2 Å². The minimum atomic E-state index is -4.57. The van der Waals surface area contributed by atoms with E-state index in [1.165, 1.54) is 12.1 Å². The van der Waals surface area contributed by atoms with Crippen LogP contribution in [0, 0.1) is 6.92 Å². The van der Waals surface area contributed by atoms with Gasteiger partial charge in [-0.25, -0.2) is 9.97 Å². The third-order valence-electron chi connectivity index (χ3n) is 2.80. The zero-order chi connectivity index (χ0) is 17.9. The molecule has 1 aromatic heterocycles. The highest BCUT2D eigenvalue weighted by Crippen LogP contribution is 2.29. The number of benzene rings is 1. The van der Waals surface area contributed by atoms with E-state index in [2.05, 4.69) is 9.97 Å². The van der Waals surface area contributed by atoms with Gasteiger partial charge in [0.25, 0.3) is 11.8 Å². The van der Waals surface area contributed by atoms with Gasteiger partial charge in [-0.05, 0) is 42.8 Å². The van der Waals surface area contributed by atoms with E-state index >= 15 is 0 Å². The Kier molecular flexibility index (Phi) is 5.03. The van der Waals surface area contributed by atoms with Crippen molar-refractivity contribution in [1.82, 2.24) is 20.8 Å². The fourth-order valence-corrected chi connectivity index (χ4v) is 1.96.